The Balaban J connectivity index is 1.33. The van der Waals surface area contributed by atoms with Gasteiger partial charge in [-0.05, 0) is 89.4 Å². The standard InChI is InChI=1S/C45H48N4O/c1-8-14-39-44(31-16-11-10-12-17-31)41(15-9-2)49(47-39)34-18-13-19-35(28-34)50-36-21-22-37-38-26-32(30(3)4)20-23-40(38)48(42(37)29-36)43-27-33(24-25-46-43)45(5,6)7/h10-13,16-30H,8-9,14-15H2,1-7H3. The van der Waals surface area contributed by atoms with E-state index in [9.17, 15) is 0 Å². The quantitative estimate of drug-likeness (QED) is 0.147. The lowest BCUT2D eigenvalue weighted by Gasteiger charge is -2.20. The van der Waals surface area contributed by atoms with Gasteiger partial charge in [0.15, 0.2) is 0 Å². The predicted octanol–water partition coefficient (Wildman–Crippen LogP) is 12.1. The number of hydrogen-bond acceptors (Lipinski definition) is 3. The van der Waals surface area contributed by atoms with E-state index in [2.05, 4.69) is 155 Å². The molecule has 0 N–H and O–H groups in total. The Morgan fingerprint density at radius 2 is 1.50 bits per heavy atom. The minimum Gasteiger partial charge on any atom is -0.457 e. The van der Waals surface area contributed by atoms with Crippen LogP contribution in [0, 0.1) is 0 Å². The third-order valence-corrected chi connectivity index (χ3v) is 9.66. The van der Waals surface area contributed by atoms with E-state index in [-0.39, 0.29) is 5.41 Å². The van der Waals surface area contributed by atoms with E-state index in [1.165, 1.54) is 38.7 Å². The summed E-state index contributed by atoms with van der Waals surface area (Å²) in [5.74, 6) is 2.90. The van der Waals surface area contributed by atoms with E-state index >= 15 is 0 Å². The molecule has 4 aromatic carbocycles. The van der Waals surface area contributed by atoms with Crippen LogP contribution in [0.25, 0.3) is 44.4 Å². The molecule has 0 unspecified atom stereocenters. The summed E-state index contributed by atoms with van der Waals surface area (Å²) in [6, 6.07) is 36.7. The van der Waals surface area contributed by atoms with Gasteiger partial charge in [0, 0.05) is 34.7 Å². The van der Waals surface area contributed by atoms with Crippen molar-refractivity contribution in [3.05, 3.63) is 132 Å². The van der Waals surface area contributed by atoms with Gasteiger partial charge in [-0.2, -0.15) is 5.10 Å². The molecule has 0 saturated heterocycles. The Kier molecular flexibility index (Phi) is 9.09. The Hall–Kier alpha value is -5.16. The predicted molar refractivity (Wildman–Crippen MR) is 208 cm³/mol. The van der Waals surface area contributed by atoms with E-state index in [0.29, 0.717) is 5.92 Å². The molecule has 0 fully saturated rings. The lowest BCUT2D eigenvalue weighted by molar-refractivity contribution is 0.482. The molecule has 0 radical (unpaired) electrons. The number of nitrogens with zero attached hydrogens (tertiary/aromatic N) is 4. The van der Waals surface area contributed by atoms with Crippen molar-refractivity contribution in [1.82, 2.24) is 19.3 Å². The van der Waals surface area contributed by atoms with Crippen molar-refractivity contribution in [2.24, 2.45) is 0 Å². The summed E-state index contributed by atoms with van der Waals surface area (Å²) in [5, 5.41) is 7.63. The molecular weight excluding hydrogens is 613 g/mol. The molecule has 5 heteroatoms. The Morgan fingerprint density at radius 3 is 2.24 bits per heavy atom. The van der Waals surface area contributed by atoms with Crippen LogP contribution in [-0.2, 0) is 18.3 Å². The lowest BCUT2D eigenvalue weighted by Crippen LogP contribution is -2.12. The first-order valence-electron chi connectivity index (χ1n) is 18.2. The van der Waals surface area contributed by atoms with Crippen LogP contribution in [0.1, 0.15) is 89.7 Å². The van der Waals surface area contributed by atoms with Crippen LogP contribution in [0.2, 0.25) is 0 Å². The van der Waals surface area contributed by atoms with Crippen molar-refractivity contribution in [2.75, 3.05) is 0 Å². The number of rotatable bonds is 10. The summed E-state index contributed by atoms with van der Waals surface area (Å²) in [6.45, 7) is 15.7. The van der Waals surface area contributed by atoms with Gasteiger partial charge in [-0.1, -0.05) is 104 Å². The van der Waals surface area contributed by atoms with Crippen molar-refractivity contribution >= 4 is 21.8 Å². The van der Waals surface area contributed by atoms with Crippen LogP contribution in [-0.4, -0.2) is 19.3 Å². The highest BCUT2D eigenvalue weighted by atomic mass is 16.5. The van der Waals surface area contributed by atoms with Crippen molar-refractivity contribution in [3.63, 3.8) is 0 Å². The number of aromatic nitrogens is 4. The maximum Gasteiger partial charge on any atom is 0.137 e. The zero-order valence-electron chi connectivity index (χ0n) is 30.5. The lowest BCUT2D eigenvalue weighted by atomic mass is 9.88. The van der Waals surface area contributed by atoms with Crippen molar-refractivity contribution in [1.29, 1.82) is 0 Å². The molecular formula is C45H48N4O. The summed E-state index contributed by atoms with van der Waals surface area (Å²) in [4.78, 5) is 4.89. The number of pyridine rings is 1. The number of ether oxygens (including phenoxy) is 1. The van der Waals surface area contributed by atoms with Crippen LogP contribution in [0.4, 0.5) is 0 Å². The van der Waals surface area contributed by atoms with Gasteiger partial charge in [0.25, 0.3) is 0 Å². The van der Waals surface area contributed by atoms with Crippen molar-refractivity contribution in [3.8, 4) is 34.1 Å². The SMILES string of the molecule is CCCc1nn(-c2cccc(Oc3ccc4c5cc(C(C)C)ccc5n(-c5cc(C(C)(C)C)ccn5)c4c3)c2)c(CCC)c1-c1ccccc1. The van der Waals surface area contributed by atoms with Gasteiger partial charge in [-0.3, -0.25) is 4.57 Å². The summed E-state index contributed by atoms with van der Waals surface area (Å²) in [7, 11) is 0. The normalized spacial score (nSPS) is 12.0. The fraction of sp³-hybridized carbons (Fsp3) is 0.289. The molecule has 7 aromatic rings. The molecule has 0 aliphatic carbocycles. The van der Waals surface area contributed by atoms with Gasteiger partial charge in [0.2, 0.25) is 0 Å². The number of benzene rings is 4. The van der Waals surface area contributed by atoms with Crippen LogP contribution in [0.3, 0.4) is 0 Å². The molecule has 5 nitrogen and oxygen atoms in total. The van der Waals surface area contributed by atoms with Crippen LogP contribution >= 0.6 is 0 Å². The maximum absolute atomic E-state index is 6.67. The molecule has 0 atom stereocenters. The van der Waals surface area contributed by atoms with Crippen LogP contribution < -0.4 is 4.74 Å². The summed E-state index contributed by atoms with van der Waals surface area (Å²) >= 11 is 0. The minimum absolute atomic E-state index is 0.00524. The van der Waals surface area contributed by atoms with Crippen LogP contribution in [0.5, 0.6) is 11.5 Å². The smallest absolute Gasteiger partial charge is 0.137 e. The average molecular weight is 661 g/mol. The third kappa shape index (κ3) is 6.33. The largest absolute Gasteiger partial charge is 0.457 e. The van der Waals surface area contributed by atoms with E-state index in [1.807, 2.05) is 12.3 Å². The first-order chi connectivity index (χ1) is 24.2. The van der Waals surface area contributed by atoms with Crippen LogP contribution in [0.15, 0.2) is 109 Å². The molecule has 0 bridgehead atoms. The second-order valence-electron chi connectivity index (χ2n) is 14.7. The third-order valence-electron chi connectivity index (χ3n) is 9.66. The first kappa shape index (κ1) is 33.3. The fourth-order valence-corrected chi connectivity index (χ4v) is 7.04. The Bertz CT molecular complexity index is 2280. The van der Waals surface area contributed by atoms with Gasteiger partial charge in [0.05, 0.1) is 28.1 Å². The summed E-state index contributed by atoms with van der Waals surface area (Å²) in [6.07, 6.45) is 5.88. The van der Waals surface area contributed by atoms with Gasteiger partial charge in [-0.15, -0.1) is 0 Å². The van der Waals surface area contributed by atoms with Crippen molar-refractivity contribution in [2.45, 2.75) is 85.5 Å². The number of aryl methyl sites for hydroxylation is 1. The average Bonchev–Trinajstić information content (AvgIpc) is 3.63. The van der Waals surface area contributed by atoms with Gasteiger partial charge in [0.1, 0.15) is 17.3 Å². The molecule has 0 amide bonds. The van der Waals surface area contributed by atoms with E-state index in [0.717, 1.165) is 65.4 Å². The molecule has 0 aliphatic heterocycles. The molecule has 50 heavy (non-hydrogen) atoms. The fourth-order valence-electron chi connectivity index (χ4n) is 7.04. The van der Waals surface area contributed by atoms with Gasteiger partial charge < -0.3 is 4.74 Å². The molecule has 3 heterocycles. The highest BCUT2D eigenvalue weighted by Gasteiger charge is 2.21. The van der Waals surface area contributed by atoms with Gasteiger partial charge in [-0.25, -0.2) is 9.67 Å². The van der Waals surface area contributed by atoms with E-state index in [4.69, 9.17) is 14.8 Å². The topological polar surface area (TPSA) is 44.9 Å². The molecule has 3 aromatic heterocycles. The zero-order chi connectivity index (χ0) is 35.0. The first-order valence-corrected chi connectivity index (χ1v) is 18.2. The molecule has 0 saturated carbocycles. The molecule has 254 valence electrons. The molecule has 7 rings (SSSR count). The second-order valence-corrected chi connectivity index (χ2v) is 14.7. The maximum atomic E-state index is 6.67. The minimum atomic E-state index is 0.00524. The molecule has 0 aliphatic rings. The monoisotopic (exact) mass is 660 g/mol. The zero-order valence-corrected chi connectivity index (χ0v) is 30.5. The summed E-state index contributed by atoms with van der Waals surface area (Å²) in [5.41, 5.74) is 10.7. The molecule has 0 spiro atoms. The number of hydrogen-bond donors (Lipinski definition) is 0. The second kappa shape index (κ2) is 13.6. The number of fused-ring (bicyclic) bond motifs is 3. The summed E-state index contributed by atoms with van der Waals surface area (Å²) < 4.78 is 11.1. The highest BCUT2D eigenvalue weighted by Crippen LogP contribution is 2.38. The van der Waals surface area contributed by atoms with E-state index in [1.54, 1.807) is 0 Å². The Labute approximate surface area is 296 Å². The Morgan fingerprint density at radius 1 is 0.720 bits per heavy atom. The van der Waals surface area contributed by atoms with Crippen molar-refractivity contribution < 1.29 is 4.74 Å². The van der Waals surface area contributed by atoms with E-state index < -0.39 is 0 Å². The van der Waals surface area contributed by atoms with Gasteiger partial charge >= 0.3 is 0 Å². The highest BCUT2D eigenvalue weighted by molar-refractivity contribution is 6.09.